The number of thiazole rings is 1. The molecule has 0 saturated carbocycles. The Morgan fingerprint density at radius 2 is 1.88 bits per heavy atom. The standard InChI is InChI=1S/C17H24N2O3S2/c1-17(2,3)15(20)18-16-19(7-8-23-6)11-9-12(21-4)13(22-5)10-14(11)24-16/h9-10H,7-8H2,1-6H3. The zero-order valence-corrected chi connectivity index (χ0v) is 16.6. The van der Waals surface area contributed by atoms with E-state index in [9.17, 15) is 4.79 Å². The summed E-state index contributed by atoms with van der Waals surface area (Å²) >= 11 is 3.26. The van der Waals surface area contributed by atoms with Crippen LogP contribution in [0.15, 0.2) is 17.1 Å². The van der Waals surface area contributed by atoms with Crippen molar-refractivity contribution in [1.82, 2.24) is 4.57 Å². The molecule has 0 unspecified atom stereocenters. The zero-order valence-electron chi connectivity index (χ0n) is 15.0. The van der Waals surface area contributed by atoms with Crippen LogP contribution in [0.25, 0.3) is 10.2 Å². The average molecular weight is 369 g/mol. The van der Waals surface area contributed by atoms with Gasteiger partial charge in [-0.3, -0.25) is 4.79 Å². The molecule has 5 nitrogen and oxygen atoms in total. The largest absolute Gasteiger partial charge is 0.493 e. The van der Waals surface area contributed by atoms with Gasteiger partial charge < -0.3 is 14.0 Å². The van der Waals surface area contributed by atoms with E-state index in [1.807, 2.05) is 32.9 Å². The maximum Gasteiger partial charge on any atom is 0.253 e. The highest BCUT2D eigenvalue weighted by atomic mass is 32.2. The summed E-state index contributed by atoms with van der Waals surface area (Å²) in [6, 6.07) is 3.89. The Kier molecular flexibility index (Phi) is 5.98. The monoisotopic (exact) mass is 368 g/mol. The molecule has 1 heterocycles. The van der Waals surface area contributed by atoms with E-state index >= 15 is 0 Å². The van der Waals surface area contributed by atoms with Gasteiger partial charge in [-0.1, -0.05) is 32.1 Å². The van der Waals surface area contributed by atoms with Crippen molar-refractivity contribution in [1.29, 1.82) is 0 Å². The van der Waals surface area contributed by atoms with Crippen LogP contribution in [0.1, 0.15) is 20.8 Å². The fourth-order valence-electron chi connectivity index (χ4n) is 2.14. The summed E-state index contributed by atoms with van der Waals surface area (Å²) in [7, 11) is 3.24. The number of amides is 1. The van der Waals surface area contributed by atoms with Crippen LogP contribution in [-0.4, -0.2) is 36.7 Å². The summed E-state index contributed by atoms with van der Waals surface area (Å²) in [6.07, 6.45) is 2.07. The molecule has 2 rings (SSSR count). The predicted octanol–water partition coefficient (Wildman–Crippen LogP) is 3.56. The van der Waals surface area contributed by atoms with Gasteiger partial charge in [-0.05, 0) is 6.26 Å². The number of fused-ring (bicyclic) bond motifs is 1. The van der Waals surface area contributed by atoms with Gasteiger partial charge in [-0.15, -0.1) is 0 Å². The molecule has 0 aliphatic rings. The maximum atomic E-state index is 12.4. The molecular formula is C17H24N2O3S2. The van der Waals surface area contributed by atoms with Gasteiger partial charge in [0.1, 0.15) is 0 Å². The molecule has 7 heteroatoms. The first-order valence-electron chi connectivity index (χ1n) is 7.65. The van der Waals surface area contributed by atoms with Gasteiger partial charge in [0.05, 0.1) is 24.4 Å². The minimum atomic E-state index is -0.497. The molecule has 0 saturated heterocycles. The quantitative estimate of drug-likeness (QED) is 0.810. The maximum absolute atomic E-state index is 12.4. The molecule has 1 amide bonds. The van der Waals surface area contributed by atoms with E-state index in [-0.39, 0.29) is 5.91 Å². The minimum absolute atomic E-state index is 0.120. The second-order valence-corrected chi connectivity index (χ2v) is 8.37. The van der Waals surface area contributed by atoms with Crippen molar-refractivity contribution in [2.45, 2.75) is 27.3 Å². The van der Waals surface area contributed by atoms with Crippen LogP contribution >= 0.6 is 23.1 Å². The Hall–Kier alpha value is -1.47. The van der Waals surface area contributed by atoms with Gasteiger partial charge in [0.25, 0.3) is 5.91 Å². The van der Waals surface area contributed by atoms with E-state index in [1.165, 1.54) is 11.3 Å². The number of hydrogen-bond acceptors (Lipinski definition) is 5. The topological polar surface area (TPSA) is 52.8 Å². The van der Waals surface area contributed by atoms with E-state index in [1.54, 1.807) is 26.0 Å². The molecule has 0 atom stereocenters. The number of aryl methyl sites for hydroxylation is 1. The number of hydrogen-bond donors (Lipinski definition) is 0. The van der Waals surface area contributed by atoms with E-state index in [0.717, 1.165) is 22.5 Å². The van der Waals surface area contributed by atoms with Crippen LogP contribution in [0.4, 0.5) is 0 Å². The fourth-order valence-corrected chi connectivity index (χ4v) is 3.57. The fraction of sp³-hybridized carbons (Fsp3) is 0.529. The first-order valence-corrected chi connectivity index (χ1v) is 9.86. The molecule has 0 spiro atoms. The lowest BCUT2D eigenvalue weighted by Gasteiger charge is -2.12. The van der Waals surface area contributed by atoms with Crippen molar-refractivity contribution in [3.8, 4) is 11.5 Å². The molecule has 0 aliphatic carbocycles. The third kappa shape index (κ3) is 3.95. The number of aromatic nitrogens is 1. The van der Waals surface area contributed by atoms with Crippen molar-refractivity contribution in [2.75, 3.05) is 26.2 Å². The van der Waals surface area contributed by atoms with Crippen molar-refractivity contribution in [3.63, 3.8) is 0 Å². The first kappa shape index (κ1) is 18.9. The van der Waals surface area contributed by atoms with Gasteiger partial charge in [-0.25, -0.2) is 0 Å². The highest BCUT2D eigenvalue weighted by Gasteiger charge is 2.21. The lowest BCUT2D eigenvalue weighted by atomic mass is 9.96. The van der Waals surface area contributed by atoms with Crippen LogP contribution < -0.4 is 14.3 Å². The minimum Gasteiger partial charge on any atom is -0.493 e. The number of methoxy groups -OCH3 is 2. The first-order chi connectivity index (χ1) is 11.3. The molecule has 0 N–H and O–H groups in total. The van der Waals surface area contributed by atoms with Crippen LogP contribution in [0, 0.1) is 5.41 Å². The highest BCUT2D eigenvalue weighted by molar-refractivity contribution is 7.98. The second kappa shape index (κ2) is 7.61. The van der Waals surface area contributed by atoms with Gasteiger partial charge >= 0.3 is 0 Å². The molecule has 0 bridgehead atoms. The lowest BCUT2D eigenvalue weighted by molar-refractivity contribution is -0.125. The van der Waals surface area contributed by atoms with Crippen LogP contribution in [0.2, 0.25) is 0 Å². The third-order valence-corrected chi connectivity index (χ3v) is 5.18. The molecule has 24 heavy (non-hydrogen) atoms. The molecule has 1 aromatic heterocycles. The van der Waals surface area contributed by atoms with Crippen LogP contribution in [0.5, 0.6) is 11.5 Å². The Balaban J connectivity index is 2.70. The van der Waals surface area contributed by atoms with Gasteiger partial charge in [0.15, 0.2) is 16.3 Å². The number of carbonyl (C=O) groups is 1. The summed E-state index contributed by atoms with van der Waals surface area (Å²) in [5.41, 5.74) is 0.509. The molecule has 0 aliphatic heterocycles. The van der Waals surface area contributed by atoms with Crippen molar-refractivity contribution >= 4 is 39.2 Å². The second-order valence-electron chi connectivity index (χ2n) is 6.37. The Labute approximate surface area is 150 Å². The normalized spacial score (nSPS) is 12.7. The summed E-state index contributed by atoms with van der Waals surface area (Å²) in [4.78, 5) is 17.5. The van der Waals surface area contributed by atoms with Crippen LogP contribution in [-0.2, 0) is 11.3 Å². The van der Waals surface area contributed by atoms with E-state index in [4.69, 9.17) is 9.47 Å². The number of ether oxygens (including phenoxy) is 2. The van der Waals surface area contributed by atoms with Gasteiger partial charge in [-0.2, -0.15) is 16.8 Å². The molecule has 1 aromatic carbocycles. The number of nitrogens with zero attached hydrogens (tertiary/aromatic N) is 2. The predicted molar refractivity (Wildman–Crippen MR) is 101 cm³/mol. The van der Waals surface area contributed by atoms with Crippen molar-refractivity contribution in [3.05, 3.63) is 16.9 Å². The molecule has 132 valence electrons. The summed E-state index contributed by atoms with van der Waals surface area (Å²) in [6.45, 7) is 6.42. The van der Waals surface area contributed by atoms with E-state index < -0.39 is 5.41 Å². The van der Waals surface area contributed by atoms with Crippen LogP contribution in [0.3, 0.4) is 0 Å². The number of carbonyl (C=O) groups excluding carboxylic acids is 1. The Morgan fingerprint density at radius 1 is 1.25 bits per heavy atom. The Morgan fingerprint density at radius 3 is 2.42 bits per heavy atom. The molecule has 0 radical (unpaired) electrons. The van der Waals surface area contributed by atoms with E-state index in [0.29, 0.717) is 16.3 Å². The smallest absolute Gasteiger partial charge is 0.253 e. The van der Waals surface area contributed by atoms with E-state index in [2.05, 4.69) is 15.8 Å². The summed E-state index contributed by atoms with van der Waals surface area (Å²) < 4.78 is 13.9. The Bertz CT molecular complexity index is 800. The lowest BCUT2D eigenvalue weighted by Crippen LogP contribution is -2.24. The average Bonchev–Trinajstić information content (AvgIpc) is 2.86. The highest BCUT2D eigenvalue weighted by Crippen LogP contribution is 2.33. The SMILES string of the molecule is COc1cc2sc(=NC(=O)C(C)(C)C)n(CCSC)c2cc1OC. The third-order valence-electron chi connectivity index (χ3n) is 3.55. The summed E-state index contributed by atoms with van der Waals surface area (Å²) in [5, 5.41) is 0. The summed E-state index contributed by atoms with van der Waals surface area (Å²) in [5.74, 6) is 2.18. The molecular weight excluding hydrogens is 344 g/mol. The molecule has 0 fully saturated rings. The zero-order chi connectivity index (χ0) is 17.9. The number of rotatable bonds is 5. The molecule has 2 aromatic rings. The number of thioether (sulfide) groups is 1. The van der Waals surface area contributed by atoms with Gasteiger partial charge in [0, 0.05) is 29.8 Å². The van der Waals surface area contributed by atoms with Gasteiger partial charge in [0.2, 0.25) is 0 Å². The number of benzene rings is 1. The van der Waals surface area contributed by atoms with Crippen molar-refractivity contribution < 1.29 is 14.3 Å². The van der Waals surface area contributed by atoms with Crippen molar-refractivity contribution in [2.24, 2.45) is 10.4 Å².